The van der Waals surface area contributed by atoms with Crippen molar-refractivity contribution in [1.82, 2.24) is 14.9 Å². The highest BCUT2D eigenvalue weighted by Crippen LogP contribution is 2.19. The summed E-state index contributed by atoms with van der Waals surface area (Å²) in [6.45, 7) is 4.77. The topological polar surface area (TPSA) is 56.2 Å². The molecule has 0 amide bonds. The van der Waals surface area contributed by atoms with Gasteiger partial charge in [0.15, 0.2) is 0 Å². The number of carbonyl (C=O) groups excluding carboxylic acids is 1. The van der Waals surface area contributed by atoms with Gasteiger partial charge in [0, 0.05) is 18.4 Å². The van der Waals surface area contributed by atoms with Crippen LogP contribution in [0.15, 0.2) is 12.4 Å². The van der Waals surface area contributed by atoms with Gasteiger partial charge < -0.3 is 14.6 Å². The lowest BCUT2D eigenvalue weighted by atomic mass is 10.3. The lowest BCUT2D eigenvalue weighted by Crippen LogP contribution is -2.24. The van der Waals surface area contributed by atoms with E-state index in [1.807, 2.05) is 24.6 Å². The summed E-state index contributed by atoms with van der Waals surface area (Å²) >= 11 is 0. The van der Waals surface area contributed by atoms with E-state index in [0.29, 0.717) is 19.2 Å². The number of rotatable bonds is 6. The van der Waals surface area contributed by atoms with Crippen LogP contribution in [0.3, 0.4) is 0 Å². The largest absolute Gasteiger partial charge is 0.464 e. The maximum Gasteiger partial charge on any atom is 0.328 e. The van der Waals surface area contributed by atoms with Crippen molar-refractivity contribution in [2.75, 3.05) is 6.61 Å². The van der Waals surface area contributed by atoms with Crippen molar-refractivity contribution < 1.29 is 9.53 Å². The third-order valence-corrected chi connectivity index (χ3v) is 2.92. The summed E-state index contributed by atoms with van der Waals surface area (Å²) in [5, 5.41) is 3.39. The second-order valence-corrected chi connectivity index (χ2v) is 4.33. The third-order valence-electron chi connectivity index (χ3n) is 2.92. The second-order valence-electron chi connectivity index (χ2n) is 4.33. The molecule has 1 atom stereocenters. The molecule has 1 saturated carbocycles. The van der Waals surface area contributed by atoms with Gasteiger partial charge in [-0.3, -0.25) is 0 Å². The van der Waals surface area contributed by atoms with Crippen LogP contribution in [0.1, 0.15) is 38.6 Å². The van der Waals surface area contributed by atoms with Gasteiger partial charge in [0.2, 0.25) is 0 Å². The fourth-order valence-electron chi connectivity index (χ4n) is 1.73. The van der Waals surface area contributed by atoms with Gasteiger partial charge in [-0.1, -0.05) is 0 Å². The average Bonchev–Trinajstić information content (AvgIpc) is 3.03. The molecule has 1 aliphatic carbocycles. The van der Waals surface area contributed by atoms with Gasteiger partial charge in [-0.05, 0) is 26.7 Å². The molecule has 0 spiro atoms. The maximum atomic E-state index is 11.7. The number of imidazole rings is 1. The molecule has 0 saturated heterocycles. The average molecular weight is 237 g/mol. The van der Waals surface area contributed by atoms with E-state index in [0.717, 1.165) is 5.82 Å². The molecule has 1 aliphatic rings. The molecule has 5 heteroatoms. The van der Waals surface area contributed by atoms with E-state index in [9.17, 15) is 4.79 Å². The highest BCUT2D eigenvalue weighted by Gasteiger charge is 2.22. The van der Waals surface area contributed by atoms with Crippen LogP contribution in [0.25, 0.3) is 0 Å². The normalized spacial score (nSPS) is 16.8. The summed E-state index contributed by atoms with van der Waals surface area (Å²) in [4.78, 5) is 15.9. The SMILES string of the molecule is CCOC(=O)C(C)n1ccnc1CNC1CC1. The minimum atomic E-state index is -0.312. The quantitative estimate of drug-likeness (QED) is 0.757. The third kappa shape index (κ3) is 3.06. The van der Waals surface area contributed by atoms with Crippen LogP contribution in [0.2, 0.25) is 0 Å². The first-order valence-electron chi connectivity index (χ1n) is 6.14. The Bertz CT molecular complexity index is 385. The van der Waals surface area contributed by atoms with Gasteiger partial charge in [0.25, 0.3) is 0 Å². The minimum Gasteiger partial charge on any atom is -0.464 e. The Morgan fingerprint density at radius 1 is 1.71 bits per heavy atom. The van der Waals surface area contributed by atoms with Crippen LogP contribution >= 0.6 is 0 Å². The van der Waals surface area contributed by atoms with Crippen LogP contribution in [-0.2, 0) is 16.1 Å². The molecule has 2 rings (SSSR count). The fourth-order valence-corrected chi connectivity index (χ4v) is 1.73. The van der Waals surface area contributed by atoms with Crippen molar-refractivity contribution >= 4 is 5.97 Å². The fraction of sp³-hybridized carbons (Fsp3) is 0.667. The Morgan fingerprint density at radius 3 is 3.12 bits per heavy atom. The van der Waals surface area contributed by atoms with Crippen molar-refractivity contribution in [3.05, 3.63) is 18.2 Å². The highest BCUT2D eigenvalue weighted by atomic mass is 16.5. The number of aromatic nitrogens is 2. The molecule has 1 N–H and O–H groups in total. The smallest absolute Gasteiger partial charge is 0.328 e. The highest BCUT2D eigenvalue weighted by molar-refractivity contribution is 5.73. The molecule has 0 aromatic carbocycles. The molecule has 0 bridgehead atoms. The monoisotopic (exact) mass is 237 g/mol. The molecule has 1 unspecified atom stereocenters. The maximum absolute atomic E-state index is 11.7. The lowest BCUT2D eigenvalue weighted by molar-refractivity contribution is -0.146. The molecule has 5 nitrogen and oxygen atoms in total. The zero-order valence-corrected chi connectivity index (χ0v) is 10.3. The Balaban J connectivity index is 1.98. The zero-order valence-electron chi connectivity index (χ0n) is 10.3. The van der Waals surface area contributed by atoms with Gasteiger partial charge in [0.05, 0.1) is 13.2 Å². The number of hydrogen-bond donors (Lipinski definition) is 1. The predicted molar refractivity (Wildman–Crippen MR) is 63.4 cm³/mol. The minimum absolute atomic E-state index is 0.210. The Morgan fingerprint density at radius 2 is 2.47 bits per heavy atom. The van der Waals surface area contributed by atoms with E-state index in [4.69, 9.17) is 4.74 Å². The van der Waals surface area contributed by atoms with Gasteiger partial charge in [-0.25, -0.2) is 9.78 Å². The van der Waals surface area contributed by atoms with E-state index < -0.39 is 0 Å². The zero-order chi connectivity index (χ0) is 12.3. The number of esters is 1. The molecular weight excluding hydrogens is 218 g/mol. The Labute approximate surface area is 101 Å². The molecule has 0 aliphatic heterocycles. The van der Waals surface area contributed by atoms with Gasteiger partial charge in [-0.2, -0.15) is 0 Å². The molecule has 94 valence electrons. The number of carbonyl (C=O) groups is 1. The number of ether oxygens (including phenoxy) is 1. The number of nitrogens with one attached hydrogen (secondary N) is 1. The summed E-state index contributed by atoms with van der Waals surface area (Å²) in [5.41, 5.74) is 0. The van der Waals surface area contributed by atoms with E-state index in [1.54, 1.807) is 6.20 Å². The van der Waals surface area contributed by atoms with Crippen molar-refractivity contribution in [3.8, 4) is 0 Å². The van der Waals surface area contributed by atoms with Crippen molar-refractivity contribution in [2.24, 2.45) is 0 Å². The first-order chi connectivity index (χ1) is 8.22. The summed E-state index contributed by atoms with van der Waals surface area (Å²) in [7, 11) is 0. The van der Waals surface area contributed by atoms with Crippen molar-refractivity contribution in [3.63, 3.8) is 0 Å². The Kier molecular flexibility index (Phi) is 3.78. The predicted octanol–water partition coefficient (Wildman–Crippen LogP) is 1.26. The molecular formula is C12H19N3O2. The molecule has 1 fully saturated rings. The van der Waals surface area contributed by atoms with Gasteiger partial charge in [-0.15, -0.1) is 0 Å². The van der Waals surface area contributed by atoms with E-state index >= 15 is 0 Å². The first kappa shape index (κ1) is 12.1. The van der Waals surface area contributed by atoms with Crippen LogP contribution in [0.4, 0.5) is 0 Å². The second kappa shape index (κ2) is 5.31. The Hall–Kier alpha value is -1.36. The summed E-state index contributed by atoms with van der Waals surface area (Å²) in [6.07, 6.45) is 6.04. The standard InChI is InChI=1S/C12H19N3O2/c1-3-17-12(16)9(2)15-7-6-13-11(15)8-14-10-4-5-10/h6-7,9-10,14H,3-5,8H2,1-2H3. The number of hydrogen-bond acceptors (Lipinski definition) is 4. The molecule has 1 heterocycles. The summed E-state index contributed by atoms with van der Waals surface area (Å²) in [6, 6.07) is 0.325. The van der Waals surface area contributed by atoms with E-state index in [1.165, 1.54) is 12.8 Å². The molecule has 1 aromatic rings. The lowest BCUT2D eigenvalue weighted by Gasteiger charge is -2.15. The molecule has 0 radical (unpaired) electrons. The van der Waals surface area contributed by atoms with Crippen LogP contribution in [0.5, 0.6) is 0 Å². The van der Waals surface area contributed by atoms with E-state index in [2.05, 4.69) is 10.3 Å². The number of nitrogens with zero attached hydrogens (tertiary/aromatic N) is 2. The van der Waals surface area contributed by atoms with Crippen LogP contribution in [0, 0.1) is 0 Å². The first-order valence-corrected chi connectivity index (χ1v) is 6.14. The summed E-state index contributed by atoms with van der Waals surface area (Å²) in [5.74, 6) is 0.677. The summed E-state index contributed by atoms with van der Waals surface area (Å²) < 4.78 is 6.88. The molecule has 17 heavy (non-hydrogen) atoms. The van der Waals surface area contributed by atoms with Crippen LogP contribution in [-0.4, -0.2) is 28.2 Å². The van der Waals surface area contributed by atoms with E-state index in [-0.39, 0.29) is 12.0 Å². The van der Waals surface area contributed by atoms with Crippen LogP contribution < -0.4 is 5.32 Å². The van der Waals surface area contributed by atoms with Gasteiger partial charge >= 0.3 is 5.97 Å². The molecule has 1 aromatic heterocycles. The van der Waals surface area contributed by atoms with Gasteiger partial charge in [0.1, 0.15) is 11.9 Å². The van der Waals surface area contributed by atoms with Crippen molar-refractivity contribution in [2.45, 2.75) is 45.3 Å². The van der Waals surface area contributed by atoms with Crippen molar-refractivity contribution in [1.29, 1.82) is 0 Å².